The zero-order valence-electron chi connectivity index (χ0n) is 17.5. The molecule has 1 atom stereocenters. The minimum Gasteiger partial charge on any atom is -0.461 e. The van der Waals surface area contributed by atoms with Crippen molar-refractivity contribution in [3.05, 3.63) is 59.8 Å². The van der Waals surface area contributed by atoms with E-state index in [1.807, 2.05) is 6.07 Å². The number of halogens is 1. The van der Waals surface area contributed by atoms with Crippen LogP contribution in [0, 0.1) is 11.3 Å². The fraction of sp³-hybridized carbons (Fsp3) is 0.190. The van der Waals surface area contributed by atoms with Gasteiger partial charge in [-0.05, 0) is 24.3 Å². The van der Waals surface area contributed by atoms with E-state index in [9.17, 15) is 4.79 Å². The van der Waals surface area contributed by atoms with E-state index in [2.05, 4.69) is 30.4 Å². The van der Waals surface area contributed by atoms with Crippen molar-refractivity contribution in [2.45, 2.75) is 6.10 Å². The Bertz CT molecular complexity index is 1340. The van der Waals surface area contributed by atoms with Gasteiger partial charge in [0.2, 0.25) is 12.0 Å². The summed E-state index contributed by atoms with van der Waals surface area (Å²) in [6.45, 7) is -0.382. The van der Waals surface area contributed by atoms with E-state index < -0.39 is 12.0 Å². The van der Waals surface area contributed by atoms with E-state index in [1.165, 1.54) is 35.5 Å². The van der Waals surface area contributed by atoms with Gasteiger partial charge in [-0.1, -0.05) is 11.6 Å². The van der Waals surface area contributed by atoms with E-state index in [0.717, 1.165) is 0 Å². The standard InChI is InChI=1S/C21H17ClN8O4/c22-15-2-1-5-24-19(15)30-18-14(10-28-30)21(27-12-26-18)34-16(11-33-7-6-31)20(32)29-17-4-3-13(8-23)9-25-17/h1-5,9-10,12,16,31H,6-7,11H2,(H,25,29,32)/t16-/m0/s1. The van der Waals surface area contributed by atoms with Gasteiger partial charge in [-0.3, -0.25) is 4.79 Å². The fourth-order valence-corrected chi connectivity index (χ4v) is 3.10. The summed E-state index contributed by atoms with van der Waals surface area (Å²) < 4.78 is 12.6. The molecule has 0 saturated heterocycles. The van der Waals surface area contributed by atoms with Crippen LogP contribution >= 0.6 is 11.6 Å². The monoisotopic (exact) mass is 480 g/mol. The number of fused-ring (bicyclic) bond motifs is 1. The summed E-state index contributed by atoms with van der Waals surface area (Å²) in [7, 11) is 0. The predicted octanol–water partition coefficient (Wildman–Crippen LogP) is 1.53. The van der Waals surface area contributed by atoms with Gasteiger partial charge in [-0.25, -0.2) is 19.9 Å². The zero-order chi connectivity index (χ0) is 23.9. The average molecular weight is 481 g/mol. The zero-order valence-corrected chi connectivity index (χ0v) is 18.3. The minimum atomic E-state index is -1.15. The van der Waals surface area contributed by atoms with E-state index in [4.69, 9.17) is 31.4 Å². The van der Waals surface area contributed by atoms with Crippen molar-refractivity contribution in [3.8, 4) is 17.8 Å². The van der Waals surface area contributed by atoms with Crippen LogP contribution in [-0.2, 0) is 9.53 Å². The molecule has 4 aromatic heterocycles. The number of aromatic nitrogens is 6. The SMILES string of the molecule is N#Cc1ccc(NC(=O)[C@H](COCCO)Oc2ncnc3c2cnn3-c2ncccc2Cl)nc1. The Morgan fingerprint density at radius 3 is 2.85 bits per heavy atom. The number of aliphatic hydroxyl groups excluding tert-OH is 1. The summed E-state index contributed by atoms with van der Waals surface area (Å²) in [5, 5.41) is 25.6. The maximum atomic E-state index is 12.9. The van der Waals surface area contributed by atoms with Gasteiger partial charge in [0.25, 0.3) is 5.91 Å². The second-order valence-corrected chi connectivity index (χ2v) is 7.13. The highest BCUT2D eigenvalue weighted by Gasteiger charge is 2.24. The Kier molecular flexibility index (Phi) is 7.19. The lowest BCUT2D eigenvalue weighted by Crippen LogP contribution is -2.37. The number of nitrogens with zero attached hydrogens (tertiary/aromatic N) is 7. The molecule has 34 heavy (non-hydrogen) atoms. The Morgan fingerprint density at radius 1 is 1.24 bits per heavy atom. The van der Waals surface area contributed by atoms with Crippen molar-refractivity contribution in [1.82, 2.24) is 29.7 Å². The van der Waals surface area contributed by atoms with Crippen molar-refractivity contribution in [2.24, 2.45) is 0 Å². The minimum absolute atomic E-state index is 0.0115. The molecular formula is C21H17ClN8O4. The largest absolute Gasteiger partial charge is 0.461 e. The molecule has 0 unspecified atom stereocenters. The summed E-state index contributed by atoms with van der Waals surface area (Å²) in [6.07, 6.45) is 4.49. The van der Waals surface area contributed by atoms with Gasteiger partial charge in [0.05, 0.1) is 36.6 Å². The maximum absolute atomic E-state index is 12.9. The Morgan fingerprint density at radius 2 is 2.12 bits per heavy atom. The van der Waals surface area contributed by atoms with Crippen molar-refractivity contribution in [3.63, 3.8) is 0 Å². The Labute approximate surface area is 197 Å². The van der Waals surface area contributed by atoms with Gasteiger partial charge < -0.3 is 19.9 Å². The van der Waals surface area contributed by atoms with Crippen LogP contribution in [0.5, 0.6) is 5.88 Å². The Hall–Kier alpha value is -4.18. The van der Waals surface area contributed by atoms with Gasteiger partial charge in [0, 0.05) is 12.4 Å². The third-order valence-electron chi connectivity index (χ3n) is 4.46. The number of carbonyl (C=O) groups is 1. The summed E-state index contributed by atoms with van der Waals surface area (Å²) in [5.74, 6) is 0.118. The number of aliphatic hydroxyl groups is 1. The van der Waals surface area contributed by atoms with Crippen LogP contribution in [0.4, 0.5) is 5.82 Å². The number of nitriles is 1. The summed E-state index contributed by atoms with van der Waals surface area (Å²) >= 11 is 6.24. The molecule has 0 aliphatic carbocycles. The third-order valence-corrected chi connectivity index (χ3v) is 4.76. The van der Waals surface area contributed by atoms with E-state index in [0.29, 0.717) is 27.4 Å². The third kappa shape index (κ3) is 5.07. The van der Waals surface area contributed by atoms with Crippen molar-refractivity contribution in [1.29, 1.82) is 5.26 Å². The molecule has 12 nitrogen and oxygen atoms in total. The smallest absolute Gasteiger partial charge is 0.269 e. The van der Waals surface area contributed by atoms with Gasteiger partial charge in [0.15, 0.2) is 11.5 Å². The van der Waals surface area contributed by atoms with Crippen LogP contribution in [-0.4, -0.2) is 66.7 Å². The molecular weight excluding hydrogens is 464 g/mol. The number of pyridine rings is 2. The summed E-state index contributed by atoms with van der Waals surface area (Å²) in [6, 6.07) is 8.33. The summed E-state index contributed by atoms with van der Waals surface area (Å²) in [5.41, 5.74) is 0.722. The molecule has 2 N–H and O–H groups in total. The molecule has 172 valence electrons. The number of anilines is 1. The molecule has 0 aliphatic rings. The van der Waals surface area contributed by atoms with Crippen LogP contribution in [0.1, 0.15) is 5.56 Å². The number of carbonyl (C=O) groups excluding carboxylic acids is 1. The average Bonchev–Trinajstić information content (AvgIpc) is 3.29. The number of hydrogen-bond acceptors (Lipinski definition) is 10. The molecule has 0 aromatic carbocycles. The van der Waals surface area contributed by atoms with Crippen molar-refractivity contribution in [2.75, 3.05) is 25.1 Å². The lowest BCUT2D eigenvalue weighted by atomic mass is 10.3. The number of nitrogens with one attached hydrogen (secondary N) is 1. The highest BCUT2D eigenvalue weighted by atomic mass is 35.5. The normalized spacial score (nSPS) is 11.7. The maximum Gasteiger partial charge on any atom is 0.269 e. The van der Waals surface area contributed by atoms with Crippen LogP contribution in [0.15, 0.2) is 49.2 Å². The topological polar surface area (TPSA) is 161 Å². The van der Waals surface area contributed by atoms with E-state index in [-0.39, 0.29) is 31.5 Å². The van der Waals surface area contributed by atoms with Gasteiger partial charge in [-0.15, -0.1) is 0 Å². The van der Waals surface area contributed by atoms with Crippen LogP contribution in [0.2, 0.25) is 5.02 Å². The lowest BCUT2D eigenvalue weighted by molar-refractivity contribution is -0.125. The molecule has 4 aromatic rings. The van der Waals surface area contributed by atoms with Crippen molar-refractivity contribution >= 4 is 34.4 Å². The van der Waals surface area contributed by atoms with Crippen LogP contribution in [0.3, 0.4) is 0 Å². The van der Waals surface area contributed by atoms with Gasteiger partial charge in [-0.2, -0.15) is 15.0 Å². The van der Waals surface area contributed by atoms with Gasteiger partial charge >= 0.3 is 0 Å². The Balaban J connectivity index is 1.60. The van der Waals surface area contributed by atoms with E-state index >= 15 is 0 Å². The van der Waals surface area contributed by atoms with E-state index in [1.54, 1.807) is 18.3 Å². The predicted molar refractivity (Wildman–Crippen MR) is 119 cm³/mol. The van der Waals surface area contributed by atoms with Crippen LogP contribution in [0.25, 0.3) is 16.9 Å². The molecule has 0 spiro atoms. The van der Waals surface area contributed by atoms with Crippen molar-refractivity contribution < 1.29 is 19.4 Å². The number of amides is 1. The molecule has 4 heterocycles. The first-order chi connectivity index (χ1) is 16.6. The second-order valence-electron chi connectivity index (χ2n) is 6.72. The quantitative estimate of drug-likeness (QED) is 0.336. The van der Waals surface area contributed by atoms with Gasteiger partial charge in [0.1, 0.15) is 23.6 Å². The lowest BCUT2D eigenvalue weighted by Gasteiger charge is -2.18. The molecule has 0 aliphatic heterocycles. The highest BCUT2D eigenvalue weighted by molar-refractivity contribution is 6.32. The number of rotatable bonds is 9. The molecule has 0 fully saturated rings. The first kappa shape index (κ1) is 23.0. The fourth-order valence-electron chi connectivity index (χ4n) is 2.90. The number of ether oxygens (including phenoxy) is 2. The number of hydrogen-bond donors (Lipinski definition) is 2. The molecule has 0 saturated carbocycles. The molecule has 0 radical (unpaired) electrons. The first-order valence-corrected chi connectivity index (χ1v) is 10.3. The summed E-state index contributed by atoms with van der Waals surface area (Å²) in [4.78, 5) is 29.5. The first-order valence-electron chi connectivity index (χ1n) is 9.92. The molecule has 1 amide bonds. The molecule has 13 heteroatoms. The van der Waals surface area contributed by atoms with Crippen LogP contribution < -0.4 is 10.1 Å². The molecule has 4 rings (SSSR count). The highest BCUT2D eigenvalue weighted by Crippen LogP contribution is 2.26. The second kappa shape index (κ2) is 10.6. The molecule has 0 bridgehead atoms.